The van der Waals surface area contributed by atoms with Crippen LogP contribution in [0.2, 0.25) is 0 Å². The van der Waals surface area contributed by atoms with Gasteiger partial charge in [0.15, 0.2) is 11.6 Å². The maximum Gasteiger partial charge on any atom is 0.240 e. The van der Waals surface area contributed by atoms with Crippen LogP contribution in [-0.4, -0.2) is 34.8 Å². The van der Waals surface area contributed by atoms with Crippen molar-refractivity contribution in [3.05, 3.63) is 63.6 Å². The molecule has 2 aromatic carbocycles. The van der Waals surface area contributed by atoms with Gasteiger partial charge < -0.3 is 18.9 Å². The summed E-state index contributed by atoms with van der Waals surface area (Å²) in [6, 6.07) is 8.33. The summed E-state index contributed by atoms with van der Waals surface area (Å²) < 4.78 is 70.7. The average molecular weight is 522 g/mol. The van der Waals surface area contributed by atoms with Crippen LogP contribution in [0.5, 0.6) is 0 Å². The zero-order valence-electron chi connectivity index (χ0n) is 16.9. The number of rotatable bonds is 3. The van der Waals surface area contributed by atoms with Gasteiger partial charge in [-0.1, -0.05) is 12.1 Å². The summed E-state index contributed by atoms with van der Waals surface area (Å²) in [6.45, 7) is 5.42. The van der Waals surface area contributed by atoms with E-state index in [0.717, 1.165) is 17.7 Å². The standard InChI is InChI=1S/C10H10BrFO2.C10H12FNO4S/c1-10(13-4-5-14-10)7-2-3-9(12)8(11)6-7;1-10(15-4-5-16-10)7-2-3-8(11)9(6-7)17(12,13)14/h2-3,6H,4-5H2,1H3;2-3,6H,4-5H2,1H3,(H2,12,13,14). The number of nitrogens with two attached hydrogens (primary N) is 1. The summed E-state index contributed by atoms with van der Waals surface area (Å²) in [5, 5.41) is 4.92. The van der Waals surface area contributed by atoms with Crippen molar-refractivity contribution in [2.45, 2.75) is 30.3 Å². The van der Waals surface area contributed by atoms with Crippen molar-refractivity contribution in [3.8, 4) is 0 Å². The van der Waals surface area contributed by atoms with Crippen molar-refractivity contribution in [2.75, 3.05) is 26.4 Å². The second-order valence-electron chi connectivity index (χ2n) is 7.10. The Bertz CT molecular complexity index is 1050. The van der Waals surface area contributed by atoms with Crippen LogP contribution in [0, 0.1) is 11.6 Å². The summed E-state index contributed by atoms with van der Waals surface area (Å²) in [5.41, 5.74) is 1.24. The summed E-state index contributed by atoms with van der Waals surface area (Å²) in [6.07, 6.45) is 0. The molecular formula is C20H22BrF2NO6S. The molecule has 4 rings (SSSR count). The second kappa shape index (κ2) is 9.18. The fourth-order valence-electron chi connectivity index (χ4n) is 3.14. The average Bonchev–Trinajstić information content (AvgIpc) is 3.34. The zero-order valence-corrected chi connectivity index (χ0v) is 19.3. The minimum absolute atomic E-state index is 0.282. The Labute approximate surface area is 187 Å². The molecule has 2 aliphatic heterocycles. The van der Waals surface area contributed by atoms with Crippen molar-refractivity contribution in [1.29, 1.82) is 0 Å². The van der Waals surface area contributed by atoms with Gasteiger partial charge in [-0.3, -0.25) is 0 Å². The van der Waals surface area contributed by atoms with Crippen molar-refractivity contribution < 1.29 is 36.1 Å². The lowest BCUT2D eigenvalue weighted by atomic mass is 10.1. The minimum Gasteiger partial charge on any atom is -0.344 e. The molecule has 0 saturated carbocycles. The molecule has 2 aromatic rings. The number of primary sulfonamides is 1. The molecule has 0 aromatic heterocycles. The van der Waals surface area contributed by atoms with Gasteiger partial charge >= 0.3 is 0 Å². The van der Waals surface area contributed by atoms with Crippen molar-refractivity contribution in [2.24, 2.45) is 5.14 Å². The first kappa shape index (κ1) is 24.2. The maximum absolute atomic E-state index is 13.3. The number of hydrogen-bond acceptors (Lipinski definition) is 6. The summed E-state index contributed by atoms with van der Waals surface area (Å²) in [4.78, 5) is -0.560. The highest BCUT2D eigenvalue weighted by Crippen LogP contribution is 2.33. The largest absolute Gasteiger partial charge is 0.344 e. The van der Waals surface area contributed by atoms with Gasteiger partial charge in [-0.2, -0.15) is 0 Å². The number of benzene rings is 2. The van der Waals surface area contributed by atoms with Gasteiger partial charge in [-0.15, -0.1) is 0 Å². The first-order valence-corrected chi connectivity index (χ1v) is 11.6. The third kappa shape index (κ3) is 5.48. The Morgan fingerprint density at radius 3 is 1.68 bits per heavy atom. The lowest BCUT2D eigenvalue weighted by molar-refractivity contribution is -0.150. The fourth-order valence-corrected chi connectivity index (χ4v) is 4.15. The molecule has 0 bridgehead atoms. The molecule has 2 heterocycles. The van der Waals surface area contributed by atoms with E-state index in [4.69, 9.17) is 24.1 Å². The first-order chi connectivity index (χ1) is 14.4. The van der Waals surface area contributed by atoms with E-state index < -0.39 is 32.3 Å². The highest BCUT2D eigenvalue weighted by atomic mass is 79.9. The highest BCUT2D eigenvalue weighted by Gasteiger charge is 2.35. The zero-order chi connectivity index (χ0) is 22.9. The molecule has 11 heteroatoms. The minimum atomic E-state index is -4.10. The molecule has 2 fully saturated rings. The topological polar surface area (TPSA) is 97.1 Å². The van der Waals surface area contributed by atoms with Gasteiger partial charge in [0, 0.05) is 11.1 Å². The molecule has 7 nitrogen and oxygen atoms in total. The molecule has 31 heavy (non-hydrogen) atoms. The molecule has 2 N–H and O–H groups in total. The molecular weight excluding hydrogens is 500 g/mol. The Morgan fingerprint density at radius 2 is 1.26 bits per heavy atom. The van der Waals surface area contributed by atoms with E-state index in [9.17, 15) is 17.2 Å². The molecule has 0 atom stereocenters. The quantitative estimate of drug-likeness (QED) is 0.663. The molecule has 0 unspecified atom stereocenters. The predicted molar refractivity (Wildman–Crippen MR) is 110 cm³/mol. The van der Waals surface area contributed by atoms with Gasteiger partial charge in [0.1, 0.15) is 16.5 Å². The number of ether oxygens (including phenoxy) is 4. The van der Waals surface area contributed by atoms with Crippen LogP contribution in [0.4, 0.5) is 8.78 Å². The molecule has 2 saturated heterocycles. The third-order valence-corrected chi connectivity index (χ3v) is 6.42. The molecule has 0 radical (unpaired) electrons. The molecule has 170 valence electrons. The van der Waals surface area contributed by atoms with E-state index in [1.54, 1.807) is 19.1 Å². The number of sulfonamides is 1. The maximum atomic E-state index is 13.3. The molecule has 0 aliphatic carbocycles. The van der Waals surface area contributed by atoms with E-state index in [-0.39, 0.29) is 5.82 Å². The van der Waals surface area contributed by atoms with Crippen LogP contribution in [0.25, 0.3) is 0 Å². The SMILES string of the molecule is CC1(c2ccc(F)c(Br)c2)OCCO1.CC1(c2ccc(F)c(S(N)(=O)=O)c2)OCCO1. The third-order valence-electron chi connectivity index (χ3n) is 4.88. The Morgan fingerprint density at radius 1 is 0.839 bits per heavy atom. The van der Waals surface area contributed by atoms with Crippen LogP contribution in [-0.2, 0) is 40.5 Å². The molecule has 2 aliphatic rings. The lowest BCUT2D eigenvalue weighted by Crippen LogP contribution is -2.24. The van der Waals surface area contributed by atoms with E-state index in [2.05, 4.69) is 15.9 Å². The molecule has 0 amide bonds. The van der Waals surface area contributed by atoms with Crippen molar-refractivity contribution in [3.63, 3.8) is 0 Å². The highest BCUT2D eigenvalue weighted by molar-refractivity contribution is 9.10. The van der Waals surface area contributed by atoms with Crippen LogP contribution in [0.15, 0.2) is 45.8 Å². The Hall–Kier alpha value is -1.47. The monoisotopic (exact) mass is 521 g/mol. The van der Waals surface area contributed by atoms with Gasteiger partial charge in [0.25, 0.3) is 0 Å². The normalized spacial score (nSPS) is 19.7. The van der Waals surface area contributed by atoms with E-state index >= 15 is 0 Å². The van der Waals surface area contributed by atoms with Crippen LogP contribution in [0.1, 0.15) is 25.0 Å². The Balaban J connectivity index is 0.000000179. The number of hydrogen-bond donors (Lipinski definition) is 1. The summed E-state index contributed by atoms with van der Waals surface area (Å²) in [7, 11) is -4.10. The van der Waals surface area contributed by atoms with Gasteiger partial charge in [-0.25, -0.2) is 22.3 Å². The van der Waals surface area contributed by atoms with Crippen molar-refractivity contribution >= 4 is 26.0 Å². The van der Waals surface area contributed by atoms with E-state index in [0.29, 0.717) is 36.5 Å². The van der Waals surface area contributed by atoms with Crippen LogP contribution >= 0.6 is 15.9 Å². The van der Waals surface area contributed by atoms with E-state index in [1.807, 2.05) is 6.92 Å². The van der Waals surface area contributed by atoms with Crippen molar-refractivity contribution in [1.82, 2.24) is 0 Å². The second-order valence-corrected chi connectivity index (χ2v) is 9.49. The first-order valence-electron chi connectivity index (χ1n) is 9.29. The van der Waals surface area contributed by atoms with Crippen LogP contribution in [0.3, 0.4) is 0 Å². The summed E-state index contributed by atoms with van der Waals surface area (Å²) in [5.74, 6) is -2.95. The lowest BCUT2D eigenvalue weighted by Gasteiger charge is -2.23. The van der Waals surface area contributed by atoms with Crippen LogP contribution < -0.4 is 5.14 Å². The van der Waals surface area contributed by atoms with Gasteiger partial charge in [-0.05, 0) is 54.0 Å². The van der Waals surface area contributed by atoms with Gasteiger partial charge in [0.05, 0.1) is 30.9 Å². The summed E-state index contributed by atoms with van der Waals surface area (Å²) >= 11 is 3.13. The molecule has 0 spiro atoms. The Kier molecular flexibility index (Phi) is 7.16. The van der Waals surface area contributed by atoms with E-state index in [1.165, 1.54) is 12.1 Å². The smallest absolute Gasteiger partial charge is 0.240 e. The fraction of sp³-hybridized carbons (Fsp3) is 0.400. The predicted octanol–water partition coefficient (Wildman–Crippen LogP) is 3.50. The van der Waals surface area contributed by atoms with Gasteiger partial charge in [0.2, 0.25) is 10.0 Å². The number of halogens is 3.